The summed E-state index contributed by atoms with van der Waals surface area (Å²) in [6, 6.07) is 2.00. The normalized spacial score (nSPS) is 23.6. The van der Waals surface area contributed by atoms with Gasteiger partial charge in [0.05, 0.1) is 12.2 Å². The lowest BCUT2D eigenvalue weighted by Crippen LogP contribution is -2.29. The molecule has 0 saturated carbocycles. The van der Waals surface area contributed by atoms with Gasteiger partial charge in [-0.2, -0.15) is 0 Å². The van der Waals surface area contributed by atoms with Gasteiger partial charge < -0.3 is 14.7 Å². The molecule has 0 bridgehead atoms. The minimum absolute atomic E-state index is 0.122. The lowest BCUT2D eigenvalue weighted by atomic mass is 10.1. The van der Waals surface area contributed by atoms with Crippen LogP contribution in [-0.2, 0) is 4.74 Å². The Labute approximate surface area is 114 Å². The van der Waals surface area contributed by atoms with Crippen LogP contribution >= 0.6 is 0 Å². The standard InChI is InChI=1S/C14H23N3O2/c1-9(2)11-5-14(16-8-15-11)17-6-12(18)13(7-17)19-10(3)4/h5,8-10,12-13,18H,6-7H2,1-4H3/t12-,13-/m0/s1. The Hall–Kier alpha value is -1.20. The van der Waals surface area contributed by atoms with Crippen molar-refractivity contribution in [2.45, 2.75) is 51.9 Å². The molecule has 106 valence electrons. The molecule has 5 heteroatoms. The number of ether oxygens (including phenoxy) is 1. The Morgan fingerprint density at radius 2 is 2.00 bits per heavy atom. The molecule has 0 amide bonds. The lowest BCUT2D eigenvalue weighted by Gasteiger charge is -2.19. The van der Waals surface area contributed by atoms with Gasteiger partial charge in [0.1, 0.15) is 18.2 Å². The summed E-state index contributed by atoms with van der Waals surface area (Å²) >= 11 is 0. The summed E-state index contributed by atoms with van der Waals surface area (Å²) in [6.45, 7) is 9.42. The lowest BCUT2D eigenvalue weighted by molar-refractivity contribution is -0.0386. The molecule has 0 radical (unpaired) electrons. The zero-order valence-corrected chi connectivity index (χ0v) is 12.1. The molecule has 0 aliphatic carbocycles. The van der Waals surface area contributed by atoms with E-state index < -0.39 is 6.10 Å². The van der Waals surface area contributed by atoms with Crippen LogP contribution in [0.15, 0.2) is 12.4 Å². The highest BCUT2D eigenvalue weighted by Gasteiger charge is 2.33. The van der Waals surface area contributed by atoms with Crippen LogP contribution in [0.5, 0.6) is 0 Å². The van der Waals surface area contributed by atoms with Gasteiger partial charge in [-0.05, 0) is 19.8 Å². The van der Waals surface area contributed by atoms with E-state index in [0.29, 0.717) is 19.0 Å². The molecule has 2 rings (SSSR count). The van der Waals surface area contributed by atoms with E-state index in [-0.39, 0.29) is 12.2 Å². The molecule has 0 spiro atoms. The van der Waals surface area contributed by atoms with Crippen molar-refractivity contribution in [2.24, 2.45) is 0 Å². The van der Waals surface area contributed by atoms with Crippen LogP contribution in [0.2, 0.25) is 0 Å². The molecule has 1 aromatic heterocycles. The van der Waals surface area contributed by atoms with Gasteiger partial charge in [0.25, 0.3) is 0 Å². The van der Waals surface area contributed by atoms with Crippen molar-refractivity contribution >= 4 is 5.82 Å². The molecule has 1 aromatic rings. The Morgan fingerprint density at radius 3 is 2.63 bits per heavy atom. The average Bonchev–Trinajstić information content (AvgIpc) is 2.70. The predicted molar refractivity (Wildman–Crippen MR) is 74.3 cm³/mol. The van der Waals surface area contributed by atoms with Gasteiger partial charge in [-0.15, -0.1) is 0 Å². The second kappa shape index (κ2) is 5.84. The molecular formula is C14H23N3O2. The van der Waals surface area contributed by atoms with Crippen molar-refractivity contribution in [1.29, 1.82) is 0 Å². The van der Waals surface area contributed by atoms with E-state index in [0.717, 1.165) is 11.5 Å². The fourth-order valence-corrected chi connectivity index (χ4v) is 2.28. The fourth-order valence-electron chi connectivity index (χ4n) is 2.28. The summed E-state index contributed by atoms with van der Waals surface area (Å²) in [6.07, 6.45) is 1.11. The maximum atomic E-state index is 10.0. The van der Waals surface area contributed by atoms with Crippen LogP contribution in [0.1, 0.15) is 39.3 Å². The minimum atomic E-state index is -0.458. The molecular weight excluding hydrogens is 242 g/mol. The maximum Gasteiger partial charge on any atom is 0.132 e. The average molecular weight is 265 g/mol. The van der Waals surface area contributed by atoms with E-state index in [2.05, 4.69) is 28.7 Å². The largest absolute Gasteiger partial charge is 0.388 e. The molecule has 1 saturated heterocycles. The molecule has 2 heterocycles. The van der Waals surface area contributed by atoms with Gasteiger partial charge in [-0.25, -0.2) is 9.97 Å². The van der Waals surface area contributed by atoms with Crippen LogP contribution in [-0.4, -0.2) is 46.5 Å². The predicted octanol–water partition coefficient (Wildman–Crippen LogP) is 1.57. The van der Waals surface area contributed by atoms with E-state index in [1.165, 1.54) is 0 Å². The van der Waals surface area contributed by atoms with Crippen molar-refractivity contribution < 1.29 is 9.84 Å². The van der Waals surface area contributed by atoms with Crippen molar-refractivity contribution in [3.8, 4) is 0 Å². The van der Waals surface area contributed by atoms with Crippen LogP contribution in [0, 0.1) is 0 Å². The minimum Gasteiger partial charge on any atom is -0.388 e. The van der Waals surface area contributed by atoms with Crippen molar-refractivity contribution in [3.05, 3.63) is 18.1 Å². The molecule has 1 aliphatic rings. The number of β-amino-alcohol motifs (C(OH)–C–C–N with tert-alkyl or cyclic N) is 1. The first kappa shape index (κ1) is 14.2. The number of aliphatic hydroxyl groups is 1. The first-order valence-electron chi connectivity index (χ1n) is 6.87. The molecule has 5 nitrogen and oxygen atoms in total. The summed E-state index contributed by atoms with van der Waals surface area (Å²) in [5.41, 5.74) is 1.02. The molecule has 1 aliphatic heterocycles. The quantitative estimate of drug-likeness (QED) is 0.895. The Kier molecular flexibility index (Phi) is 4.37. The number of nitrogens with zero attached hydrogens (tertiary/aromatic N) is 3. The summed E-state index contributed by atoms with van der Waals surface area (Å²) in [4.78, 5) is 10.6. The molecule has 0 unspecified atom stereocenters. The Bertz CT molecular complexity index is 423. The highest BCUT2D eigenvalue weighted by atomic mass is 16.5. The van der Waals surface area contributed by atoms with Crippen LogP contribution in [0.4, 0.5) is 5.82 Å². The van der Waals surface area contributed by atoms with E-state index in [1.807, 2.05) is 19.9 Å². The van der Waals surface area contributed by atoms with Crippen molar-refractivity contribution in [1.82, 2.24) is 9.97 Å². The number of aliphatic hydroxyl groups excluding tert-OH is 1. The monoisotopic (exact) mass is 265 g/mol. The molecule has 19 heavy (non-hydrogen) atoms. The smallest absolute Gasteiger partial charge is 0.132 e. The zero-order chi connectivity index (χ0) is 14.0. The number of anilines is 1. The second-order valence-corrected chi connectivity index (χ2v) is 5.65. The third-order valence-electron chi connectivity index (χ3n) is 3.27. The van der Waals surface area contributed by atoms with Crippen molar-refractivity contribution in [3.63, 3.8) is 0 Å². The zero-order valence-electron chi connectivity index (χ0n) is 12.1. The number of aromatic nitrogens is 2. The SMILES string of the molecule is CC(C)O[C@H]1CN(c2cc(C(C)C)ncn2)C[C@@H]1O. The summed E-state index contributed by atoms with van der Waals surface area (Å²) in [5.74, 6) is 1.24. The highest BCUT2D eigenvalue weighted by Crippen LogP contribution is 2.23. The Balaban J connectivity index is 2.09. The van der Waals surface area contributed by atoms with E-state index >= 15 is 0 Å². The number of rotatable bonds is 4. The summed E-state index contributed by atoms with van der Waals surface area (Å²) in [5, 5.41) is 10.0. The topological polar surface area (TPSA) is 58.5 Å². The number of hydrogen-bond donors (Lipinski definition) is 1. The molecule has 1 N–H and O–H groups in total. The highest BCUT2D eigenvalue weighted by molar-refractivity contribution is 5.41. The van der Waals surface area contributed by atoms with E-state index in [4.69, 9.17) is 4.74 Å². The molecule has 0 aromatic carbocycles. The molecule has 2 atom stereocenters. The van der Waals surface area contributed by atoms with Gasteiger partial charge in [0.15, 0.2) is 0 Å². The van der Waals surface area contributed by atoms with Gasteiger partial charge in [-0.3, -0.25) is 0 Å². The van der Waals surface area contributed by atoms with Gasteiger partial charge in [0.2, 0.25) is 0 Å². The van der Waals surface area contributed by atoms with Gasteiger partial charge in [0, 0.05) is 24.8 Å². The van der Waals surface area contributed by atoms with Crippen molar-refractivity contribution in [2.75, 3.05) is 18.0 Å². The summed E-state index contributed by atoms with van der Waals surface area (Å²) < 4.78 is 5.72. The number of hydrogen-bond acceptors (Lipinski definition) is 5. The van der Waals surface area contributed by atoms with Crippen LogP contribution < -0.4 is 4.90 Å². The second-order valence-electron chi connectivity index (χ2n) is 5.65. The van der Waals surface area contributed by atoms with Gasteiger partial charge >= 0.3 is 0 Å². The maximum absolute atomic E-state index is 10.0. The first-order chi connectivity index (χ1) is 8.97. The van der Waals surface area contributed by atoms with Crippen LogP contribution in [0.3, 0.4) is 0 Å². The first-order valence-corrected chi connectivity index (χ1v) is 6.87. The molecule has 1 fully saturated rings. The summed E-state index contributed by atoms with van der Waals surface area (Å²) in [7, 11) is 0. The Morgan fingerprint density at radius 1 is 1.26 bits per heavy atom. The third kappa shape index (κ3) is 3.42. The third-order valence-corrected chi connectivity index (χ3v) is 3.27. The van der Waals surface area contributed by atoms with E-state index in [1.54, 1.807) is 6.33 Å². The van der Waals surface area contributed by atoms with Crippen LogP contribution in [0.25, 0.3) is 0 Å². The fraction of sp³-hybridized carbons (Fsp3) is 0.714. The van der Waals surface area contributed by atoms with Gasteiger partial charge in [-0.1, -0.05) is 13.8 Å². The van der Waals surface area contributed by atoms with E-state index in [9.17, 15) is 5.11 Å².